The molecule has 2 aliphatic rings. The summed E-state index contributed by atoms with van der Waals surface area (Å²) in [4.78, 5) is 1.55. The third-order valence-electron chi connectivity index (χ3n) is 3.51. The maximum absolute atomic E-state index is 5.90. The maximum atomic E-state index is 5.90. The molecular formula is C12H17NOS. The van der Waals surface area contributed by atoms with Gasteiger partial charge in [-0.25, -0.2) is 0 Å². The van der Waals surface area contributed by atoms with Crippen molar-refractivity contribution in [2.75, 3.05) is 13.2 Å². The second kappa shape index (κ2) is 3.06. The maximum Gasteiger partial charge on any atom is 0.0710 e. The Bertz CT molecular complexity index is 385. The van der Waals surface area contributed by atoms with Gasteiger partial charge in [-0.1, -0.05) is 0 Å². The van der Waals surface area contributed by atoms with Gasteiger partial charge in [0.15, 0.2) is 0 Å². The summed E-state index contributed by atoms with van der Waals surface area (Å²) in [6.07, 6.45) is 2.26. The first kappa shape index (κ1) is 9.82. The molecule has 2 nitrogen and oxygen atoms in total. The van der Waals surface area contributed by atoms with E-state index in [4.69, 9.17) is 4.74 Å². The van der Waals surface area contributed by atoms with Crippen LogP contribution in [0.1, 0.15) is 30.7 Å². The van der Waals surface area contributed by atoms with E-state index >= 15 is 0 Å². The Morgan fingerprint density at radius 1 is 1.47 bits per heavy atom. The molecule has 1 N–H and O–H groups in total. The van der Waals surface area contributed by atoms with Crippen molar-refractivity contribution >= 4 is 11.3 Å². The fraction of sp³-hybridized carbons (Fsp3) is 0.667. The number of fused-ring (bicyclic) bond motifs is 2. The van der Waals surface area contributed by atoms with Crippen LogP contribution in [-0.4, -0.2) is 18.8 Å². The van der Waals surface area contributed by atoms with Crippen molar-refractivity contribution < 1.29 is 4.74 Å². The van der Waals surface area contributed by atoms with Gasteiger partial charge in [0.1, 0.15) is 0 Å². The first-order valence-corrected chi connectivity index (χ1v) is 6.45. The molecule has 3 heteroatoms. The predicted molar refractivity (Wildman–Crippen MR) is 62.4 cm³/mol. The lowest BCUT2D eigenvalue weighted by atomic mass is 9.82. The average molecular weight is 223 g/mol. The summed E-state index contributed by atoms with van der Waals surface area (Å²) >= 11 is 1.89. The molecule has 3 rings (SSSR count). The highest BCUT2D eigenvalue weighted by molar-refractivity contribution is 7.10. The molecule has 1 atom stereocenters. The van der Waals surface area contributed by atoms with Gasteiger partial charge in [-0.2, -0.15) is 0 Å². The van der Waals surface area contributed by atoms with Gasteiger partial charge in [0.25, 0.3) is 0 Å². The summed E-state index contributed by atoms with van der Waals surface area (Å²) in [6.45, 7) is 6.28. The van der Waals surface area contributed by atoms with Crippen LogP contribution in [0.25, 0.3) is 0 Å². The van der Waals surface area contributed by atoms with Gasteiger partial charge in [-0.3, -0.25) is 0 Å². The zero-order chi connectivity index (χ0) is 10.5. The summed E-state index contributed by atoms with van der Waals surface area (Å²) in [5.74, 6) is 0. The normalized spacial score (nSPS) is 33.2. The van der Waals surface area contributed by atoms with Gasteiger partial charge < -0.3 is 10.1 Å². The van der Waals surface area contributed by atoms with Gasteiger partial charge >= 0.3 is 0 Å². The lowest BCUT2D eigenvalue weighted by Crippen LogP contribution is -2.47. The molecule has 3 heterocycles. The molecule has 0 aliphatic carbocycles. The van der Waals surface area contributed by atoms with Crippen LogP contribution >= 0.6 is 11.3 Å². The molecule has 0 saturated carbocycles. The highest BCUT2D eigenvalue weighted by atomic mass is 32.1. The van der Waals surface area contributed by atoms with Crippen LogP contribution in [0.15, 0.2) is 11.4 Å². The van der Waals surface area contributed by atoms with E-state index in [-0.39, 0.29) is 11.1 Å². The van der Waals surface area contributed by atoms with E-state index in [1.54, 1.807) is 4.88 Å². The first-order chi connectivity index (χ1) is 7.11. The zero-order valence-corrected chi connectivity index (χ0v) is 10.1. The quantitative estimate of drug-likeness (QED) is 0.728. The molecule has 2 aliphatic heterocycles. The van der Waals surface area contributed by atoms with Crippen molar-refractivity contribution in [1.82, 2.24) is 5.32 Å². The smallest absolute Gasteiger partial charge is 0.0710 e. The van der Waals surface area contributed by atoms with Crippen molar-refractivity contribution in [2.45, 2.75) is 37.8 Å². The van der Waals surface area contributed by atoms with Gasteiger partial charge in [-0.05, 0) is 37.3 Å². The van der Waals surface area contributed by atoms with Gasteiger partial charge in [0, 0.05) is 17.8 Å². The zero-order valence-electron chi connectivity index (χ0n) is 9.30. The standard InChI is InChI=1S/C12H17NOS/c1-11(2)7-12(8-14-11)9-4-6-15-10(9)3-5-13-12/h4,6,13H,3,5,7-8H2,1-2H3. The molecule has 0 aromatic carbocycles. The van der Waals surface area contributed by atoms with E-state index in [1.165, 1.54) is 12.0 Å². The number of thiophene rings is 1. The van der Waals surface area contributed by atoms with Gasteiger partial charge in [-0.15, -0.1) is 11.3 Å². The molecule has 1 spiro atoms. The Kier molecular flexibility index (Phi) is 2.00. The van der Waals surface area contributed by atoms with Crippen LogP contribution in [0.4, 0.5) is 0 Å². The fourth-order valence-corrected chi connectivity index (χ4v) is 3.88. The molecular weight excluding hydrogens is 206 g/mol. The Morgan fingerprint density at radius 3 is 3.07 bits per heavy atom. The van der Waals surface area contributed by atoms with Crippen LogP contribution < -0.4 is 5.32 Å². The number of rotatable bonds is 0. The summed E-state index contributed by atoms with van der Waals surface area (Å²) < 4.78 is 5.90. The monoisotopic (exact) mass is 223 g/mol. The molecule has 1 aromatic rings. The lowest BCUT2D eigenvalue weighted by molar-refractivity contribution is 0.0328. The van der Waals surface area contributed by atoms with E-state index in [9.17, 15) is 0 Å². The van der Waals surface area contributed by atoms with Crippen molar-refractivity contribution in [3.63, 3.8) is 0 Å². The topological polar surface area (TPSA) is 21.3 Å². The summed E-state index contributed by atoms with van der Waals surface area (Å²) in [5.41, 5.74) is 1.62. The summed E-state index contributed by atoms with van der Waals surface area (Å²) in [7, 11) is 0. The molecule has 0 radical (unpaired) electrons. The molecule has 15 heavy (non-hydrogen) atoms. The van der Waals surface area contributed by atoms with Crippen molar-refractivity contribution in [1.29, 1.82) is 0 Å². The number of ether oxygens (including phenoxy) is 1. The van der Waals surface area contributed by atoms with Crippen LogP contribution in [0.5, 0.6) is 0 Å². The minimum absolute atomic E-state index is 0.0174. The average Bonchev–Trinajstić information content (AvgIpc) is 2.73. The van der Waals surface area contributed by atoms with Crippen molar-refractivity contribution in [3.05, 3.63) is 21.9 Å². The second-order valence-electron chi connectivity index (χ2n) is 5.24. The van der Waals surface area contributed by atoms with E-state index in [0.717, 1.165) is 19.6 Å². The lowest BCUT2D eigenvalue weighted by Gasteiger charge is -2.34. The molecule has 82 valence electrons. The molecule has 1 aromatic heterocycles. The Hall–Kier alpha value is -0.380. The highest BCUT2D eigenvalue weighted by Gasteiger charge is 2.47. The third kappa shape index (κ3) is 1.45. The Balaban J connectivity index is 2.02. The fourth-order valence-electron chi connectivity index (χ4n) is 2.91. The molecule has 0 amide bonds. The minimum atomic E-state index is 0.0174. The largest absolute Gasteiger partial charge is 0.373 e. The second-order valence-corrected chi connectivity index (χ2v) is 6.24. The Labute approximate surface area is 94.6 Å². The first-order valence-electron chi connectivity index (χ1n) is 5.57. The van der Waals surface area contributed by atoms with Crippen LogP contribution in [0.2, 0.25) is 0 Å². The van der Waals surface area contributed by atoms with Gasteiger partial charge in [0.05, 0.1) is 17.7 Å². The highest BCUT2D eigenvalue weighted by Crippen LogP contribution is 2.43. The molecule has 1 unspecified atom stereocenters. The summed E-state index contributed by atoms with van der Waals surface area (Å²) in [6, 6.07) is 2.27. The number of hydrogen-bond acceptors (Lipinski definition) is 3. The molecule has 1 saturated heterocycles. The SMILES string of the molecule is CC1(C)CC2(CO1)NCCc1sccc12. The molecule has 0 bridgehead atoms. The van der Waals surface area contributed by atoms with Gasteiger partial charge in [0.2, 0.25) is 0 Å². The van der Waals surface area contributed by atoms with Crippen LogP contribution in [0.3, 0.4) is 0 Å². The van der Waals surface area contributed by atoms with E-state index < -0.39 is 0 Å². The molecule has 1 fully saturated rings. The number of nitrogens with one attached hydrogen (secondary N) is 1. The van der Waals surface area contributed by atoms with E-state index in [0.29, 0.717) is 0 Å². The number of hydrogen-bond donors (Lipinski definition) is 1. The minimum Gasteiger partial charge on any atom is -0.373 e. The van der Waals surface area contributed by atoms with Crippen LogP contribution in [0, 0.1) is 0 Å². The van der Waals surface area contributed by atoms with Crippen molar-refractivity contribution in [2.24, 2.45) is 0 Å². The van der Waals surface area contributed by atoms with Crippen molar-refractivity contribution in [3.8, 4) is 0 Å². The predicted octanol–water partition coefficient (Wildman–Crippen LogP) is 2.29. The van der Waals surface area contributed by atoms with Crippen LogP contribution in [-0.2, 0) is 16.7 Å². The third-order valence-corrected chi connectivity index (χ3v) is 4.49. The summed E-state index contributed by atoms with van der Waals surface area (Å²) in [5, 5.41) is 5.89. The van der Waals surface area contributed by atoms with E-state index in [1.807, 2.05) is 11.3 Å². The van der Waals surface area contributed by atoms with E-state index in [2.05, 4.69) is 30.6 Å². The Morgan fingerprint density at radius 2 is 2.33 bits per heavy atom.